The summed E-state index contributed by atoms with van der Waals surface area (Å²) in [7, 11) is 0. The van der Waals surface area contributed by atoms with Crippen molar-refractivity contribution in [1.29, 1.82) is 0 Å². The zero-order valence-corrected chi connectivity index (χ0v) is 11.5. The third kappa shape index (κ3) is 3.05. The molecule has 0 saturated heterocycles. The molecule has 2 aromatic rings. The van der Waals surface area contributed by atoms with E-state index in [1.54, 1.807) is 0 Å². The van der Waals surface area contributed by atoms with Crippen LogP contribution < -0.4 is 5.32 Å². The number of nitrogens with zero attached hydrogens (tertiary/aromatic N) is 2. The van der Waals surface area contributed by atoms with E-state index >= 15 is 0 Å². The quantitative estimate of drug-likeness (QED) is 0.832. The second-order valence-corrected chi connectivity index (χ2v) is 4.79. The summed E-state index contributed by atoms with van der Waals surface area (Å²) >= 11 is 5.90. The summed E-state index contributed by atoms with van der Waals surface area (Å²) in [5.41, 5.74) is 3.22. The summed E-state index contributed by atoms with van der Waals surface area (Å²) in [6, 6.07) is 10.5. The lowest BCUT2D eigenvalue weighted by atomic mass is 10.2. The number of halogens is 1. The van der Waals surface area contributed by atoms with Crippen molar-refractivity contribution >= 4 is 17.3 Å². The van der Waals surface area contributed by atoms with E-state index in [4.69, 9.17) is 11.6 Å². The molecule has 1 aromatic carbocycles. The molecule has 1 N–H and O–H groups in total. The van der Waals surface area contributed by atoms with Gasteiger partial charge in [-0.05, 0) is 31.5 Å². The molecule has 1 aromatic heterocycles. The fourth-order valence-corrected chi connectivity index (χ4v) is 1.99. The van der Waals surface area contributed by atoms with E-state index in [0.717, 1.165) is 16.9 Å². The van der Waals surface area contributed by atoms with Crippen LogP contribution in [-0.2, 0) is 12.4 Å². The highest BCUT2D eigenvalue weighted by atomic mass is 35.5. The zero-order valence-electron chi connectivity index (χ0n) is 10.7. The molecule has 0 aliphatic rings. The highest BCUT2D eigenvalue weighted by molar-refractivity contribution is 6.17. The Morgan fingerprint density at radius 2 is 2.06 bits per heavy atom. The molecule has 4 heteroatoms. The zero-order chi connectivity index (χ0) is 13.0. The highest BCUT2D eigenvalue weighted by Crippen LogP contribution is 2.17. The van der Waals surface area contributed by atoms with Crippen molar-refractivity contribution in [1.82, 2.24) is 9.78 Å². The Kier molecular flexibility index (Phi) is 4.26. The monoisotopic (exact) mass is 263 g/mol. The fraction of sp³-hybridized carbons (Fsp3) is 0.357. The van der Waals surface area contributed by atoms with Gasteiger partial charge in [-0.3, -0.25) is 4.68 Å². The van der Waals surface area contributed by atoms with E-state index < -0.39 is 0 Å². The lowest BCUT2D eigenvalue weighted by Gasteiger charge is -2.09. The number of hydrogen-bond donors (Lipinski definition) is 1. The Morgan fingerprint density at radius 1 is 1.28 bits per heavy atom. The lowest BCUT2D eigenvalue weighted by molar-refractivity contribution is 0.527. The minimum atomic E-state index is 0.397. The third-order valence-electron chi connectivity index (χ3n) is 2.81. The number of benzene rings is 1. The summed E-state index contributed by atoms with van der Waals surface area (Å²) in [6.07, 6.45) is 2.01. The Hall–Kier alpha value is -1.48. The van der Waals surface area contributed by atoms with Crippen molar-refractivity contribution in [3.63, 3.8) is 0 Å². The van der Waals surface area contributed by atoms with Crippen LogP contribution in [0.1, 0.15) is 31.1 Å². The van der Waals surface area contributed by atoms with E-state index in [2.05, 4.69) is 24.3 Å². The van der Waals surface area contributed by atoms with Crippen molar-refractivity contribution in [2.45, 2.75) is 32.3 Å². The van der Waals surface area contributed by atoms with Crippen LogP contribution in [0, 0.1) is 0 Å². The van der Waals surface area contributed by atoms with Crippen molar-refractivity contribution < 1.29 is 0 Å². The molecule has 1 heterocycles. The molecule has 0 saturated carbocycles. The molecular formula is C14H18ClN3. The molecule has 96 valence electrons. The maximum atomic E-state index is 5.90. The summed E-state index contributed by atoms with van der Waals surface area (Å²) in [4.78, 5) is 0. The minimum Gasteiger partial charge on any atom is -0.379 e. The van der Waals surface area contributed by atoms with Gasteiger partial charge in [0.25, 0.3) is 0 Å². The van der Waals surface area contributed by atoms with Crippen molar-refractivity contribution in [3.05, 3.63) is 47.8 Å². The van der Waals surface area contributed by atoms with Crippen LogP contribution >= 0.6 is 11.6 Å². The number of hydrogen-bond acceptors (Lipinski definition) is 2. The van der Waals surface area contributed by atoms with Crippen LogP contribution in [0.15, 0.2) is 36.5 Å². The van der Waals surface area contributed by atoms with Gasteiger partial charge >= 0.3 is 0 Å². The second kappa shape index (κ2) is 5.91. The van der Waals surface area contributed by atoms with Gasteiger partial charge in [-0.1, -0.05) is 18.2 Å². The first-order valence-electron chi connectivity index (χ1n) is 6.12. The number of anilines is 1. The Labute approximate surface area is 113 Å². The Bertz CT molecular complexity index is 505. The molecule has 0 fully saturated rings. The molecule has 0 aliphatic heterocycles. The molecule has 0 atom stereocenters. The predicted octanol–water partition coefficient (Wildman–Crippen LogP) is 3.81. The molecule has 18 heavy (non-hydrogen) atoms. The molecule has 0 aliphatic carbocycles. The van der Waals surface area contributed by atoms with Crippen LogP contribution in [-0.4, -0.2) is 9.78 Å². The highest BCUT2D eigenvalue weighted by Gasteiger charge is 2.03. The van der Waals surface area contributed by atoms with Crippen LogP contribution in [0.3, 0.4) is 0 Å². The molecule has 0 amide bonds. The predicted molar refractivity (Wildman–Crippen MR) is 75.9 cm³/mol. The molecule has 0 unspecified atom stereocenters. The van der Waals surface area contributed by atoms with Gasteiger partial charge in [0.05, 0.1) is 12.2 Å². The van der Waals surface area contributed by atoms with Crippen molar-refractivity contribution in [2.24, 2.45) is 0 Å². The normalized spacial score (nSPS) is 10.9. The maximum absolute atomic E-state index is 5.90. The van der Waals surface area contributed by atoms with Crippen LogP contribution in [0.5, 0.6) is 0 Å². The summed E-state index contributed by atoms with van der Waals surface area (Å²) < 4.78 is 1.96. The third-order valence-corrected chi connectivity index (χ3v) is 3.10. The van der Waals surface area contributed by atoms with Crippen molar-refractivity contribution in [3.8, 4) is 0 Å². The molecule has 2 rings (SSSR count). The van der Waals surface area contributed by atoms with Gasteiger partial charge in [0.15, 0.2) is 0 Å². The van der Waals surface area contributed by atoms with E-state index in [9.17, 15) is 0 Å². The molecule has 3 nitrogen and oxygen atoms in total. The molecule has 0 spiro atoms. The van der Waals surface area contributed by atoms with Gasteiger partial charge < -0.3 is 5.32 Å². The van der Waals surface area contributed by atoms with E-state index in [0.29, 0.717) is 18.5 Å². The average Bonchev–Trinajstić information content (AvgIpc) is 2.85. The number of rotatable bonds is 5. The van der Waals surface area contributed by atoms with Gasteiger partial charge in [-0.15, -0.1) is 11.6 Å². The van der Waals surface area contributed by atoms with E-state index in [-0.39, 0.29) is 0 Å². The Morgan fingerprint density at radius 3 is 2.72 bits per heavy atom. The van der Waals surface area contributed by atoms with Gasteiger partial charge in [0.2, 0.25) is 0 Å². The van der Waals surface area contributed by atoms with E-state index in [1.807, 2.05) is 41.2 Å². The number of alkyl halides is 1. The van der Waals surface area contributed by atoms with Crippen molar-refractivity contribution in [2.75, 3.05) is 5.32 Å². The smallest absolute Gasteiger partial charge is 0.0815 e. The fourth-order valence-electron chi connectivity index (χ4n) is 1.75. The van der Waals surface area contributed by atoms with Crippen LogP contribution in [0.2, 0.25) is 0 Å². The summed E-state index contributed by atoms with van der Waals surface area (Å²) in [6.45, 7) is 4.95. The molecule has 0 radical (unpaired) electrons. The first kappa shape index (κ1) is 13.0. The van der Waals surface area contributed by atoms with Crippen LogP contribution in [0.4, 0.5) is 5.69 Å². The molecule has 0 bridgehead atoms. The average molecular weight is 264 g/mol. The van der Waals surface area contributed by atoms with Gasteiger partial charge in [0.1, 0.15) is 0 Å². The Balaban J connectivity index is 2.02. The first-order valence-corrected chi connectivity index (χ1v) is 6.66. The summed E-state index contributed by atoms with van der Waals surface area (Å²) in [5, 5.41) is 7.87. The number of nitrogens with one attached hydrogen (secondary N) is 1. The SMILES string of the molecule is CC(C)n1ccc(CNc2ccccc2CCl)n1. The topological polar surface area (TPSA) is 29.9 Å². The largest absolute Gasteiger partial charge is 0.379 e. The lowest BCUT2D eigenvalue weighted by Crippen LogP contribution is -2.05. The number of aromatic nitrogens is 2. The molecular weight excluding hydrogens is 246 g/mol. The minimum absolute atomic E-state index is 0.397. The van der Waals surface area contributed by atoms with Gasteiger partial charge in [-0.25, -0.2) is 0 Å². The maximum Gasteiger partial charge on any atom is 0.0815 e. The number of para-hydroxylation sites is 1. The summed E-state index contributed by atoms with van der Waals surface area (Å²) in [5.74, 6) is 0.517. The van der Waals surface area contributed by atoms with Crippen LogP contribution in [0.25, 0.3) is 0 Å². The van der Waals surface area contributed by atoms with E-state index in [1.165, 1.54) is 0 Å². The second-order valence-electron chi connectivity index (χ2n) is 4.53. The van der Waals surface area contributed by atoms with Gasteiger partial charge in [0, 0.05) is 23.8 Å². The standard InChI is InChI=1S/C14H18ClN3/c1-11(2)18-8-7-13(17-18)10-16-14-6-4-3-5-12(14)9-15/h3-8,11,16H,9-10H2,1-2H3. The first-order chi connectivity index (χ1) is 8.70. The van der Waals surface area contributed by atoms with Gasteiger partial charge in [-0.2, -0.15) is 5.10 Å².